The van der Waals surface area contributed by atoms with E-state index in [-0.39, 0.29) is 24.0 Å². The predicted molar refractivity (Wildman–Crippen MR) is 103 cm³/mol. The molecule has 0 radical (unpaired) electrons. The average molecular weight is 428 g/mol. The molecule has 0 spiro atoms. The second-order valence-corrected chi connectivity index (χ2v) is 5.60. The van der Waals surface area contributed by atoms with Crippen LogP contribution >= 0.6 is 47.3 Å². The summed E-state index contributed by atoms with van der Waals surface area (Å²) in [6.07, 6.45) is 4.54. The van der Waals surface area contributed by atoms with Crippen LogP contribution in [0.15, 0.2) is 29.3 Å². The Bertz CT molecular complexity index is 402. The third kappa shape index (κ3) is 8.92. The van der Waals surface area contributed by atoms with Crippen LogP contribution in [-0.4, -0.2) is 31.6 Å². The van der Waals surface area contributed by atoms with Crippen LogP contribution in [0.4, 0.5) is 0 Å². The van der Waals surface area contributed by atoms with Gasteiger partial charge in [0, 0.05) is 25.2 Å². The summed E-state index contributed by atoms with van der Waals surface area (Å²) in [7, 11) is 1.79. The Labute approximate surface area is 148 Å². The second kappa shape index (κ2) is 12.6. The van der Waals surface area contributed by atoms with Crippen LogP contribution in [0, 0.1) is 0 Å². The topological polar surface area (TPSA) is 36.4 Å². The molecule has 1 aromatic rings. The third-order valence-electron chi connectivity index (χ3n) is 2.64. The Morgan fingerprint density at radius 2 is 2.10 bits per heavy atom. The van der Waals surface area contributed by atoms with Crippen molar-refractivity contribution in [2.45, 2.75) is 19.4 Å². The molecule has 0 saturated heterocycles. The molecule has 0 aromatic heterocycles. The minimum absolute atomic E-state index is 0. The summed E-state index contributed by atoms with van der Waals surface area (Å²) in [5.41, 5.74) is 1.15. The third-order valence-corrected chi connectivity index (χ3v) is 3.57. The summed E-state index contributed by atoms with van der Waals surface area (Å²) in [6.45, 7) is 1.68. The Morgan fingerprint density at radius 1 is 1.30 bits per heavy atom. The largest absolute Gasteiger partial charge is 0.356 e. The van der Waals surface area contributed by atoms with E-state index in [0.717, 1.165) is 29.6 Å². The summed E-state index contributed by atoms with van der Waals surface area (Å²) in [5.74, 6) is 2.06. The van der Waals surface area contributed by atoms with E-state index in [1.165, 1.54) is 18.6 Å². The molecule has 6 heteroatoms. The number of rotatable bonds is 7. The van der Waals surface area contributed by atoms with Crippen LogP contribution in [0.5, 0.6) is 0 Å². The first-order valence-electron chi connectivity index (χ1n) is 6.44. The quantitative estimate of drug-likeness (QED) is 0.301. The van der Waals surface area contributed by atoms with Gasteiger partial charge in [-0.1, -0.05) is 23.7 Å². The maximum absolute atomic E-state index is 5.95. The van der Waals surface area contributed by atoms with Gasteiger partial charge in [0.05, 0.1) is 0 Å². The van der Waals surface area contributed by atoms with Crippen molar-refractivity contribution >= 4 is 53.3 Å². The number of nitrogens with zero attached hydrogens (tertiary/aromatic N) is 1. The molecule has 0 bridgehead atoms. The minimum Gasteiger partial charge on any atom is -0.356 e. The highest BCUT2D eigenvalue weighted by Crippen LogP contribution is 2.10. The average Bonchev–Trinajstić information content (AvgIpc) is 2.42. The van der Waals surface area contributed by atoms with Gasteiger partial charge in [-0.05, 0) is 42.5 Å². The number of aliphatic imine (C=N–C) groups is 1. The smallest absolute Gasteiger partial charge is 0.191 e. The zero-order valence-electron chi connectivity index (χ0n) is 12.0. The van der Waals surface area contributed by atoms with Crippen LogP contribution in [-0.2, 0) is 6.54 Å². The lowest BCUT2D eigenvalue weighted by atomic mass is 10.2. The van der Waals surface area contributed by atoms with Gasteiger partial charge in [0.2, 0.25) is 0 Å². The van der Waals surface area contributed by atoms with E-state index >= 15 is 0 Å². The number of thioether (sulfide) groups is 1. The Balaban J connectivity index is 0.00000361. The standard InChI is InChI=1S/C14H22ClN3S.HI/c1-16-14(17-8-3-4-9-19-2)18-11-12-6-5-7-13(15)10-12;/h5-7,10H,3-4,8-9,11H2,1-2H3,(H2,16,17,18);1H. The number of guanidine groups is 1. The fraction of sp³-hybridized carbons (Fsp3) is 0.500. The van der Waals surface area contributed by atoms with Gasteiger partial charge in [0.25, 0.3) is 0 Å². The number of benzene rings is 1. The van der Waals surface area contributed by atoms with Crippen LogP contribution in [0.3, 0.4) is 0 Å². The van der Waals surface area contributed by atoms with Crippen molar-refractivity contribution in [3.05, 3.63) is 34.9 Å². The van der Waals surface area contributed by atoms with Crippen molar-refractivity contribution in [1.29, 1.82) is 0 Å². The first-order valence-corrected chi connectivity index (χ1v) is 8.21. The summed E-state index contributed by atoms with van der Waals surface area (Å²) in [5, 5.41) is 7.35. The number of hydrogen-bond donors (Lipinski definition) is 2. The lowest BCUT2D eigenvalue weighted by Crippen LogP contribution is -2.37. The number of hydrogen-bond acceptors (Lipinski definition) is 2. The molecule has 0 aliphatic rings. The van der Waals surface area contributed by atoms with E-state index in [1.807, 2.05) is 36.0 Å². The summed E-state index contributed by atoms with van der Waals surface area (Å²) < 4.78 is 0. The monoisotopic (exact) mass is 427 g/mol. The normalized spacial score (nSPS) is 10.8. The predicted octanol–water partition coefficient (Wildman–Crippen LogP) is 3.77. The van der Waals surface area contributed by atoms with Gasteiger partial charge in [0.1, 0.15) is 0 Å². The lowest BCUT2D eigenvalue weighted by Gasteiger charge is -2.11. The molecular formula is C14H23ClIN3S. The Morgan fingerprint density at radius 3 is 2.75 bits per heavy atom. The molecule has 0 unspecified atom stereocenters. The highest BCUT2D eigenvalue weighted by Gasteiger charge is 1.98. The molecule has 0 aliphatic carbocycles. The molecule has 0 aliphatic heterocycles. The molecule has 1 aromatic carbocycles. The van der Waals surface area contributed by atoms with Crippen LogP contribution in [0.1, 0.15) is 18.4 Å². The van der Waals surface area contributed by atoms with Gasteiger partial charge in [-0.15, -0.1) is 24.0 Å². The van der Waals surface area contributed by atoms with E-state index in [2.05, 4.69) is 21.9 Å². The van der Waals surface area contributed by atoms with Gasteiger partial charge in [-0.3, -0.25) is 4.99 Å². The number of unbranched alkanes of at least 4 members (excludes halogenated alkanes) is 1. The molecule has 0 fully saturated rings. The summed E-state index contributed by atoms with van der Waals surface area (Å²) >= 11 is 7.84. The molecule has 0 saturated carbocycles. The molecule has 3 nitrogen and oxygen atoms in total. The van der Waals surface area contributed by atoms with Gasteiger partial charge in [-0.25, -0.2) is 0 Å². The molecule has 1 rings (SSSR count). The molecule has 114 valence electrons. The van der Waals surface area contributed by atoms with Crippen molar-refractivity contribution in [3.8, 4) is 0 Å². The SMILES string of the molecule is CN=C(NCCCCSC)NCc1cccc(Cl)c1.I. The Kier molecular flexibility index (Phi) is 12.5. The van der Waals surface area contributed by atoms with Crippen LogP contribution in [0.25, 0.3) is 0 Å². The fourth-order valence-corrected chi connectivity index (χ4v) is 2.34. The Hall–Kier alpha value is -0.140. The number of nitrogens with one attached hydrogen (secondary N) is 2. The van der Waals surface area contributed by atoms with Crippen LogP contribution in [0.2, 0.25) is 5.02 Å². The van der Waals surface area contributed by atoms with Crippen molar-refractivity contribution in [1.82, 2.24) is 10.6 Å². The van der Waals surface area contributed by atoms with E-state index < -0.39 is 0 Å². The minimum atomic E-state index is 0. The molecule has 2 N–H and O–H groups in total. The zero-order valence-corrected chi connectivity index (χ0v) is 15.9. The van der Waals surface area contributed by atoms with Gasteiger partial charge < -0.3 is 10.6 Å². The van der Waals surface area contributed by atoms with Gasteiger partial charge >= 0.3 is 0 Å². The van der Waals surface area contributed by atoms with E-state index in [0.29, 0.717) is 0 Å². The first-order chi connectivity index (χ1) is 9.26. The zero-order chi connectivity index (χ0) is 13.9. The highest BCUT2D eigenvalue weighted by atomic mass is 127. The highest BCUT2D eigenvalue weighted by molar-refractivity contribution is 14.0. The lowest BCUT2D eigenvalue weighted by molar-refractivity contribution is 0.733. The summed E-state index contributed by atoms with van der Waals surface area (Å²) in [4.78, 5) is 4.20. The van der Waals surface area contributed by atoms with Crippen molar-refractivity contribution in [2.75, 3.05) is 25.6 Å². The van der Waals surface area contributed by atoms with Crippen LogP contribution < -0.4 is 10.6 Å². The van der Waals surface area contributed by atoms with Crippen molar-refractivity contribution in [2.24, 2.45) is 4.99 Å². The molecule has 0 atom stereocenters. The molecule has 0 amide bonds. The number of halogens is 2. The summed E-state index contributed by atoms with van der Waals surface area (Å²) in [6, 6.07) is 7.84. The second-order valence-electron chi connectivity index (χ2n) is 4.18. The maximum Gasteiger partial charge on any atom is 0.191 e. The molecule has 20 heavy (non-hydrogen) atoms. The first kappa shape index (κ1) is 19.9. The van der Waals surface area contributed by atoms with E-state index in [9.17, 15) is 0 Å². The molecule has 0 heterocycles. The fourth-order valence-electron chi connectivity index (χ4n) is 1.63. The van der Waals surface area contributed by atoms with Gasteiger partial charge in [0.15, 0.2) is 5.96 Å². The van der Waals surface area contributed by atoms with Gasteiger partial charge in [-0.2, -0.15) is 11.8 Å². The molecular weight excluding hydrogens is 405 g/mol. The van der Waals surface area contributed by atoms with E-state index in [4.69, 9.17) is 11.6 Å². The van der Waals surface area contributed by atoms with E-state index in [1.54, 1.807) is 7.05 Å². The van der Waals surface area contributed by atoms with Crippen molar-refractivity contribution in [3.63, 3.8) is 0 Å². The maximum atomic E-state index is 5.95. The van der Waals surface area contributed by atoms with Crippen molar-refractivity contribution < 1.29 is 0 Å².